The molecule has 0 amide bonds. The average Bonchev–Trinajstić information content (AvgIpc) is 3.23. The van der Waals surface area contributed by atoms with E-state index in [1.165, 1.54) is 193 Å². The fourth-order valence-electron chi connectivity index (χ4n) is 8.34. The molecule has 61 heavy (non-hydrogen) atoms. The van der Waals surface area contributed by atoms with E-state index in [-0.39, 0.29) is 31.1 Å². The molecule has 0 aliphatic carbocycles. The van der Waals surface area contributed by atoms with Gasteiger partial charge in [0.25, 0.3) is 0 Å². The Balaban J connectivity index is 4.29. The Hall–Kier alpha value is -1.59. The number of unbranched alkanes of at least 4 members (excludes halogenated alkanes) is 34. The molecule has 6 heteroatoms. The number of esters is 3. The highest BCUT2D eigenvalue weighted by Crippen LogP contribution is 2.18. The van der Waals surface area contributed by atoms with Gasteiger partial charge in [0.1, 0.15) is 13.2 Å². The molecule has 0 aromatic rings. The molecule has 0 aliphatic heterocycles. The van der Waals surface area contributed by atoms with Crippen LogP contribution in [0.25, 0.3) is 0 Å². The van der Waals surface area contributed by atoms with Crippen LogP contribution in [0.15, 0.2) is 0 Å². The SMILES string of the molecule is CCCCCCCCCCCCCCCCCCCC(=O)OC[C@@H](COC(=O)CCCCCCCCCCCCC(C)C)OC(=O)CCCCCCCCCCCCC(C)C. The van der Waals surface area contributed by atoms with E-state index >= 15 is 0 Å². The van der Waals surface area contributed by atoms with Crippen molar-refractivity contribution in [1.82, 2.24) is 0 Å². The van der Waals surface area contributed by atoms with Crippen molar-refractivity contribution in [3.63, 3.8) is 0 Å². The average molecular weight is 863 g/mol. The maximum absolute atomic E-state index is 12.8. The molecule has 0 spiro atoms. The second-order valence-electron chi connectivity index (χ2n) is 19.8. The lowest BCUT2D eigenvalue weighted by Gasteiger charge is -2.18. The minimum atomic E-state index is -0.762. The summed E-state index contributed by atoms with van der Waals surface area (Å²) in [4.78, 5) is 38.0. The summed E-state index contributed by atoms with van der Waals surface area (Å²) < 4.78 is 16.8. The lowest BCUT2D eigenvalue weighted by molar-refractivity contribution is -0.167. The number of hydrogen-bond donors (Lipinski definition) is 0. The Morgan fingerprint density at radius 3 is 0.803 bits per heavy atom. The Labute approximate surface area is 380 Å². The summed E-state index contributed by atoms with van der Waals surface area (Å²) in [5.74, 6) is 0.789. The fourth-order valence-corrected chi connectivity index (χ4v) is 8.34. The van der Waals surface area contributed by atoms with E-state index < -0.39 is 6.10 Å². The number of carbonyl (C=O) groups excluding carboxylic acids is 3. The van der Waals surface area contributed by atoms with Crippen molar-refractivity contribution < 1.29 is 28.6 Å². The summed E-state index contributed by atoms with van der Waals surface area (Å²) in [7, 11) is 0. The highest BCUT2D eigenvalue weighted by Gasteiger charge is 2.19. The smallest absolute Gasteiger partial charge is 0.306 e. The van der Waals surface area contributed by atoms with Crippen LogP contribution in [0.5, 0.6) is 0 Å². The van der Waals surface area contributed by atoms with Crippen molar-refractivity contribution in [1.29, 1.82) is 0 Å². The first-order valence-corrected chi connectivity index (χ1v) is 27.2. The van der Waals surface area contributed by atoms with Crippen molar-refractivity contribution in [3.8, 4) is 0 Å². The number of carbonyl (C=O) groups is 3. The van der Waals surface area contributed by atoms with Crippen LogP contribution in [0.1, 0.15) is 304 Å². The minimum Gasteiger partial charge on any atom is -0.462 e. The van der Waals surface area contributed by atoms with Gasteiger partial charge in [0.15, 0.2) is 6.10 Å². The van der Waals surface area contributed by atoms with E-state index in [2.05, 4.69) is 34.6 Å². The van der Waals surface area contributed by atoms with E-state index in [9.17, 15) is 14.4 Å². The van der Waals surface area contributed by atoms with Crippen molar-refractivity contribution in [3.05, 3.63) is 0 Å². The monoisotopic (exact) mass is 863 g/mol. The Morgan fingerprint density at radius 1 is 0.311 bits per heavy atom. The summed E-state index contributed by atoms with van der Waals surface area (Å²) in [5, 5.41) is 0. The van der Waals surface area contributed by atoms with Crippen LogP contribution >= 0.6 is 0 Å². The number of hydrogen-bond acceptors (Lipinski definition) is 6. The molecule has 0 rings (SSSR count). The van der Waals surface area contributed by atoms with Crippen molar-refractivity contribution in [2.75, 3.05) is 13.2 Å². The normalized spacial score (nSPS) is 12.0. The molecule has 0 saturated carbocycles. The van der Waals surface area contributed by atoms with Gasteiger partial charge in [-0.3, -0.25) is 14.4 Å². The molecular weight excluding hydrogens is 757 g/mol. The van der Waals surface area contributed by atoms with Crippen molar-refractivity contribution in [2.45, 2.75) is 310 Å². The zero-order chi connectivity index (χ0) is 44.7. The van der Waals surface area contributed by atoms with Crippen molar-refractivity contribution in [2.24, 2.45) is 11.8 Å². The highest BCUT2D eigenvalue weighted by molar-refractivity contribution is 5.71. The van der Waals surface area contributed by atoms with Gasteiger partial charge in [-0.25, -0.2) is 0 Å². The molecule has 0 aromatic carbocycles. The second-order valence-corrected chi connectivity index (χ2v) is 19.8. The maximum atomic E-state index is 12.8. The highest BCUT2D eigenvalue weighted by atomic mass is 16.6. The largest absolute Gasteiger partial charge is 0.462 e. The van der Waals surface area contributed by atoms with Crippen LogP contribution in [0.3, 0.4) is 0 Å². The van der Waals surface area contributed by atoms with Crippen LogP contribution in [0.2, 0.25) is 0 Å². The third-order valence-electron chi connectivity index (χ3n) is 12.5. The van der Waals surface area contributed by atoms with Gasteiger partial charge in [0.05, 0.1) is 0 Å². The first-order chi connectivity index (χ1) is 29.7. The molecule has 0 saturated heterocycles. The Kier molecular flexibility index (Phi) is 46.6. The van der Waals surface area contributed by atoms with Gasteiger partial charge in [0.2, 0.25) is 0 Å². The first-order valence-electron chi connectivity index (χ1n) is 27.2. The fraction of sp³-hybridized carbons (Fsp3) is 0.945. The number of rotatable bonds is 49. The first kappa shape index (κ1) is 59.4. The third kappa shape index (κ3) is 49.3. The summed E-state index contributed by atoms with van der Waals surface area (Å²) in [6.07, 6.45) is 49.5. The Bertz CT molecular complexity index is 931. The van der Waals surface area contributed by atoms with E-state index in [1.807, 2.05) is 0 Å². The molecule has 1 atom stereocenters. The molecule has 0 fully saturated rings. The van der Waals surface area contributed by atoms with Gasteiger partial charge in [-0.2, -0.15) is 0 Å². The summed E-state index contributed by atoms with van der Waals surface area (Å²) in [6, 6.07) is 0. The van der Waals surface area contributed by atoms with Crippen LogP contribution < -0.4 is 0 Å². The van der Waals surface area contributed by atoms with Gasteiger partial charge in [-0.15, -0.1) is 0 Å². The standard InChI is InChI=1S/C55H106O6/c1-6-7-8-9-10-11-12-13-14-15-16-17-18-25-30-35-40-45-53(56)59-48-52(61-55(58)47-42-37-32-27-22-20-24-29-34-39-44-51(4)5)49-60-54(57)46-41-36-31-26-21-19-23-28-33-38-43-50(2)3/h50-52H,6-49H2,1-5H3/t52-/m0/s1. The van der Waals surface area contributed by atoms with E-state index in [1.54, 1.807) is 0 Å². The summed E-state index contributed by atoms with van der Waals surface area (Å²) in [6.45, 7) is 11.4. The minimum absolute atomic E-state index is 0.0635. The zero-order valence-corrected chi connectivity index (χ0v) is 41.8. The molecule has 0 aromatic heterocycles. The third-order valence-corrected chi connectivity index (χ3v) is 12.5. The zero-order valence-electron chi connectivity index (χ0n) is 41.8. The van der Waals surface area contributed by atoms with Crippen LogP contribution in [0, 0.1) is 11.8 Å². The van der Waals surface area contributed by atoms with Crippen LogP contribution in [-0.4, -0.2) is 37.2 Å². The molecule has 0 aliphatic rings. The van der Waals surface area contributed by atoms with Crippen LogP contribution in [-0.2, 0) is 28.6 Å². The van der Waals surface area contributed by atoms with Gasteiger partial charge in [-0.05, 0) is 31.1 Å². The molecular formula is C55H106O6. The predicted octanol–water partition coefficient (Wildman–Crippen LogP) is 17.7. The van der Waals surface area contributed by atoms with Crippen molar-refractivity contribution >= 4 is 17.9 Å². The summed E-state index contributed by atoms with van der Waals surface area (Å²) >= 11 is 0. The maximum Gasteiger partial charge on any atom is 0.306 e. The van der Waals surface area contributed by atoms with Gasteiger partial charge < -0.3 is 14.2 Å². The molecule has 6 nitrogen and oxygen atoms in total. The van der Waals surface area contributed by atoms with E-state index in [4.69, 9.17) is 14.2 Å². The molecule has 0 unspecified atom stereocenters. The molecule has 0 bridgehead atoms. The van der Waals surface area contributed by atoms with E-state index in [0.29, 0.717) is 19.3 Å². The summed E-state index contributed by atoms with van der Waals surface area (Å²) in [5.41, 5.74) is 0. The second kappa shape index (κ2) is 47.9. The van der Waals surface area contributed by atoms with E-state index in [0.717, 1.165) is 69.6 Å². The van der Waals surface area contributed by atoms with Gasteiger partial charge in [-0.1, -0.05) is 266 Å². The quantitative estimate of drug-likeness (QED) is 0.0344. The molecule has 0 heterocycles. The molecule has 0 N–H and O–H groups in total. The Morgan fingerprint density at radius 2 is 0.541 bits per heavy atom. The predicted molar refractivity (Wildman–Crippen MR) is 261 cm³/mol. The molecule has 362 valence electrons. The van der Waals surface area contributed by atoms with Crippen LogP contribution in [0.4, 0.5) is 0 Å². The topological polar surface area (TPSA) is 78.9 Å². The van der Waals surface area contributed by atoms with Gasteiger partial charge in [0, 0.05) is 19.3 Å². The van der Waals surface area contributed by atoms with Gasteiger partial charge >= 0.3 is 17.9 Å². The lowest BCUT2D eigenvalue weighted by atomic mass is 10.0. The number of ether oxygens (including phenoxy) is 3. The lowest BCUT2D eigenvalue weighted by Crippen LogP contribution is -2.30. The molecule has 0 radical (unpaired) electrons.